The van der Waals surface area contributed by atoms with Gasteiger partial charge < -0.3 is 5.32 Å². The van der Waals surface area contributed by atoms with Crippen LogP contribution in [-0.4, -0.2) is 13.1 Å². The van der Waals surface area contributed by atoms with Crippen molar-refractivity contribution >= 4 is 0 Å². The first kappa shape index (κ1) is 12.4. The van der Waals surface area contributed by atoms with Crippen LogP contribution in [0.3, 0.4) is 0 Å². The number of hydrogen-bond donors (Lipinski definition) is 1. The Morgan fingerprint density at radius 1 is 0.812 bits per heavy atom. The molecular formula is C15H29N. The third-order valence-corrected chi connectivity index (χ3v) is 5.11. The molecule has 1 heteroatoms. The van der Waals surface area contributed by atoms with Crippen molar-refractivity contribution in [3.63, 3.8) is 0 Å². The topological polar surface area (TPSA) is 12.0 Å². The average molecular weight is 223 g/mol. The predicted octanol–water partition coefficient (Wildman–Crippen LogP) is 3.98. The van der Waals surface area contributed by atoms with Crippen molar-refractivity contribution in [2.24, 2.45) is 17.8 Å². The maximum absolute atomic E-state index is 3.60. The van der Waals surface area contributed by atoms with Gasteiger partial charge in [0.15, 0.2) is 0 Å². The van der Waals surface area contributed by atoms with Crippen molar-refractivity contribution in [1.82, 2.24) is 5.32 Å². The van der Waals surface area contributed by atoms with Crippen molar-refractivity contribution in [1.29, 1.82) is 0 Å². The summed E-state index contributed by atoms with van der Waals surface area (Å²) < 4.78 is 0. The van der Waals surface area contributed by atoms with E-state index in [1.807, 2.05) is 0 Å². The highest BCUT2D eigenvalue weighted by Gasteiger charge is 2.31. The molecule has 0 spiro atoms. The summed E-state index contributed by atoms with van der Waals surface area (Å²) in [5.41, 5.74) is 0. The second kappa shape index (κ2) is 6.05. The van der Waals surface area contributed by atoms with Crippen LogP contribution in [0.2, 0.25) is 0 Å². The van der Waals surface area contributed by atoms with Gasteiger partial charge in [-0.15, -0.1) is 0 Å². The second-order valence-corrected chi connectivity index (χ2v) is 6.22. The Bertz CT molecular complexity index is 194. The number of nitrogens with one attached hydrogen (secondary N) is 1. The molecule has 2 fully saturated rings. The molecule has 1 nitrogen and oxygen atoms in total. The van der Waals surface area contributed by atoms with Gasteiger partial charge in [-0.3, -0.25) is 0 Å². The fraction of sp³-hybridized carbons (Fsp3) is 1.00. The molecule has 1 N–H and O–H groups in total. The molecule has 0 saturated heterocycles. The summed E-state index contributed by atoms with van der Waals surface area (Å²) in [5.74, 6) is 3.02. The highest BCUT2D eigenvalue weighted by Crippen LogP contribution is 2.39. The van der Waals surface area contributed by atoms with Gasteiger partial charge in [-0.05, 0) is 50.5 Å². The third-order valence-electron chi connectivity index (χ3n) is 5.11. The van der Waals surface area contributed by atoms with Crippen molar-refractivity contribution in [3.8, 4) is 0 Å². The number of rotatable bonds is 2. The summed E-state index contributed by atoms with van der Waals surface area (Å²) in [5, 5.41) is 3.60. The Hall–Kier alpha value is -0.0400. The van der Waals surface area contributed by atoms with Gasteiger partial charge in [0, 0.05) is 6.04 Å². The molecule has 0 bridgehead atoms. The van der Waals surface area contributed by atoms with Crippen LogP contribution in [-0.2, 0) is 0 Å². The van der Waals surface area contributed by atoms with Crippen molar-refractivity contribution < 1.29 is 0 Å². The molecule has 0 amide bonds. The van der Waals surface area contributed by atoms with Crippen LogP contribution in [0.15, 0.2) is 0 Å². The minimum Gasteiger partial charge on any atom is -0.317 e. The Morgan fingerprint density at radius 3 is 2.19 bits per heavy atom. The van der Waals surface area contributed by atoms with Gasteiger partial charge in [0.2, 0.25) is 0 Å². The Labute approximate surface area is 101 Å². The highest BCUT2D eigenvalue weighted by molar-refractivity contribution is 4.85. The van der Waals surface area contributed by atoms with Crippen LogP contribution >= 0.6 is 0 Å². The Morgan fingerprint density at radius 2 is 1.50 bits per heavy atom. The lowest BCUT2D eigenvalue weighted by Crippen LogP contribution is -2.38. The van der Waals surface area contributed by atoms with Gasteiger partial charge in [0.25, 0.3) is 0 Å². The zero-order valence-corrected chi connectivity index (χ0v) is 11.2. The molecule has 0 aromatic heterocycles. The zero-order chi connectivity index (χ0) is 11.4. The third kappa shape index (κ3) is 3.00. The van der Waals surface area contributed by atoms with Gasteiger partial charge >= 0.3 is 0 Å². The molecule has 0 aliphatic heterocycles. The first-order chi connectivity index (χ1) is 7.81. The van der Waals surface area contributed by atoms with Gasteiger partial charge in [-0.25, -0.2) is 0 Å². The largest absolute Gasteiger partial charge is 0.317 e. The fourth-order valence-electron chi connectivity index (χ4n) is 3.97. The maximum atomic E-state index is 3.60. The van der Waals surface area contributed by atoms with E-state index in [9.17, 15) is 0 Å². The summed E-state index contributed by atoms with van der Waals surface area (Å²) >= 11 is 0. The molecule has 0 aromatic carbocycles. The van der Waals surface area contributed by atoms with Crippen molar-refractivity contribution in [3.05, 3.63) is 0 Å². The molecule has 0 aromatic rings. The molecule has 0 heterocycles. The maximum Gasteiger partial charge on any atom is 0.00949 e. The minimum absolute atomic E-state index is 0.820. The smallest absolute Gasteiger partial charge is 0.00949 e. The van der Waals surface area contributed by atoms with Crippen molar-refractivity contribution in [2.75, 3.05) is 7.05 Å². The molecule has 2 unspecified atom stereocenters. The lowest BCUT2D eigenvalue weighted by atomic mass is 9.72. The van der Waals surface area contributed by atoms with Gasteiger partial charge in [0.05, 0.1) is 0 Å². The SMILES string of the molecule is CNC1CCCCCC1C1CCC(C)CC1. The van der Waals surface area contributed by atoms with Gasteiger partial charge in [-0.1, -0.05) is 39.0 Å². The fourth-order valence-corrected chi connectivity index (χ4v) is 3.97. The standard InChI is InChI=1S/C15H29N/c1-12-8-10-13(11-9-12)14-6-4-3-5-7-15(14)16-2/h12-16H,3-11H2,1-2H3. The lowest BCUT2D eigenvalue weighted by Gasteiger charge is -2.36. The molecule has 0 radical (unpaired) electrons. The Balaban J connectivity index is 1.93. The minimum atomic E-state index is 0.820. The first-order valence-electron chi connectivity index (χ1n) is 7.48. The van der Waals surface area contributed by atoms with Crippen LogP contribution in [0.4, 0.5) is 0 Å². The summed E-state index contributed by atoms with van der Waals surface area (Å²) in [6.45, 7) is 2.43. The van der Waals surface area contributed by atoms with E-state index in [0.717, 1.165) is 23.8 Å². The molecule has 94 valence electrons. The van der Waals surface area contributed by atoms with Crippen LogP contribution in [0, 0.1) is 17.8 Å². The van der Waals surface area contributed by atoms with E-state index < -0.39 is 0 Å². The van der Waals surface area contributed by atoms with E-state index in [2.05, 4.69) is 19.3 Å². The molecule has 2 aliphatic rings. The van der Waals surface area contributed by atoms with Crippen molar-refractivity contribution in [2.45, 2.75) is 70.8 Å². The van der Waals surface area contributed by atoms with Crippen LogP contribution in [0.25, 0.3) is 0 Å². The molecule has 16 heavy (non-hydrogen) atoms. The van der Waals surface area contributed by atoms with Crippen LogP contribution in [0.5, 0.6) is 0 Å². The summed E-state index contributed by atoms with van der Waals surface area (Å²) in [7, 11) is 2.18. The molecule has 2 atom stereocenters. The summed E-state index contributed by atoms with van der Waals surface area (Å²) in [6, 6.07) is 0.820. The van der Waals surface area contributed by atoms with Gasteiger partial charge in [-0.2, -0.15) is 0 Å². The normalized spacial score (nSPS) is 41.6. The zero-order valence-electron chi connectivity index (χ0n) is 11.2. The monoisotopic (exact) mass is 223 g/mol. The number of hydrogen-bond acceptors (Lipinski definition) is 1. The molecular weight excluding hydrogens is 194 g/mol. The van der Waals surface area contributed by atoms with E-state index in [1.54, 1.807) is 0 Å². The quantitative estimate of drug-likeness (QED) is 0.698. The van der Waals surface area contributed by atoms with E-state index in [1.165, 1.54) is 57.8 Å². The Kier molecular flexibility index (Phi) is 4.69. The molecule has 2 saturated carbocycles. The van der Waals surface area contributed by atoms with Crippen LogP contribution < -0.4 is 5.32 Å². The van der Waals surface area contributed by atoms with Crippen LogP contribution in [0.1, 0.15) is 64.7 Å². The highest BCUT2D eigenvalue weighted by atomic mass is 14.9. The second-order valence-electron chi connectivity index (χ2n) is 6.22. The summed E-state index contributed by atoms with van der Waals surface area (Å²) in [6.07, 6.45) is 13.3. The van der Waals surface area contributed by atoms with E-state index in [-0.39, 0.29) is 0 Å². The predicted molar refractivity (Wildman–Crippen MR) is 70.5 cm³/mol. The van der Waals surface area contributed by atoms with E-state index in [4.69, 9.17) is 0 Å². The molecule has 2 aliphatic carbocycles. The van der Waals surface area contributed by atoms with Gasteiger partial charge in [0.1, 0.15) is 0 Å². The summed E-state index contributed by atoms with van der Waals surface area (Å²) in [4.78, 5) is 0. The molecule has 2 rings (SSSR count). The van der Waals surface area contributed by atoms with E-state index >= 15 is 0 Å². The lowest BCUT2D eigenvalue weighted by molar-refractivity contribution is 0.168. The first-order valence-corrected chi connectivity index (χ1v) is 7.48. The van der Waals surface area contributed by atoms with E-state index in [0.29, 0.717) is 0 Å². The average Bonchev–Trinajstić information content (AvgIpc) is 2.55.